The quantitative estimate of drug-likeness (QED) is 0.326. The largest absolute Gasteiger partial charge is 0.477 e. The smallest absolute Gasteiger partial charge is 0.346 e. The lowest BCUT2D eigenvalue weighted by atomic mass is 9.97. The number of thiophene rings is 1. The van der Waals surface area contributed by atoms with E-state index in [-0.39, 0.29) is 12.0 Å². The van der Waals surface area contributed by atoms with Crippen molar-refractivity contribution in [2.45, 2.75) is 32.3 Å². The number of methoxy groups -OCH3 is 1. The Hall–Kier alpha value is -3.29. The number of carboxylic acid groups (broad SMARTS) is 1. The molecule has 0 bridgehead atoms. The minimum absolute atomic E-state index is 0.166. The second-order valence-electron chi connectivity index (χ2n) is 8.06. The van der Waals surface area contributed by atoms with E-state index in [2.05, 4.69) is 24.4 Å². The van der Waals surface area contributed by atoms with Crippen LogP contribution in [-0.2, 0) is 11.2 Å². The summed E-state index contributed by atoms with van der Waals surface area (Å²) in [7, 11) is 1.68. The highest BCUT2D eigenvalue weighted by molar-refractivity contribution is 7.20. The Labute approximate surface area is 197 Å². The molecule has 7 heteroatoms. The number of nitrogens with zero attached hydrogens (tertiary/aromatic N) is 2. The summed E-state index contributed by atoms with van der Waals surface area (Å²) in [6, 6.07) is 20.2. The van der Waals surface area contributed by atoms with E-state index in [9.17, 15) is 9.90 Å². The molecule has 4 rings (SSSR count). The van der Waals surface area contributed by atoms with E-state index in [0.717, 1.165) is 10.9 Å². The molecule has 2 aromatic carbocycles. The number of carbonyl (C=O) groups is 1. The molecule has 4 aromatic rings. The molecular weight excluding hydrogens is 434 g/mol. The fourth-order valence-corrected chi connectivity index (χ4v) is 5.01. The van der Waals surface area contributed by atoms with E-state index in [0.29, 0.717) is 39.9 Å². The number of aromatic nitrogens is 2. The number of fused-ring (bicyclic) bond motifs is 1. The van der Waals surface area contributed by atoms with E-state index < -0.39 is 5.97 Å². The molecule has 0 aliphatic carbocycles. The first-order valence-electron chi connectivity index (χ1n) is 10.9. The lowest BCUT2D eigenvalue weighted by Crippen LogP contribution is -2.16. The first kappa shape index (κ1) is 22.9. The summed E-state index contributed by atoms with van der Waals surface area (Å²) in [5.74, 6) is 0.620. The summed E-state index contributed by atoms with van der Waals surface area (Å²) >= 11 is 1.20. The van der Waals surface area contributed by atoms with Crippen molar-refractivity contribution in [1.82, 2.24) is 9.97 Å². The number of hydrogen-bond acceptors (Lipinski definition) is 6. The molecular formula is C26H27N3O3S. The summed E-state index contributed by atoms with van der Waals surface area (Å²) in [5.41, 5.74) is 2.96. The SMILES string of the molecule is CO[C@H](CNc1nc(C[C@H](C)c2ccccc2)nc2sc(C(=O)O)c(C)c12)c1ccccc1. The second kappa shape index (κ2) is 10.1. The third-order valence-electron chi connectivity index (χ3n) is 5.80. The number of benzene rings is 2. The number of aryl methyl sites for hydroxylation is 1. The molecule has 2 N–H and O–H groups in total. The van der Waals surface area contributed by atoms with Crippen LogP contribution >= 0.6 is 11.3 Å². The summed E-state index contributed by atoms with van der Waals surface area (Å²) in [5, 5.41) is 13.8. The van der Waals surface area contributed by atoms with Gasteiger partial charge < -0.3 is 15.2 Å². The fourth-order valence-electron chi connectivity index (χ4n) is 3.97. The van der Waals surface area contributed by atoms with E-state index in [1.807, 2.05) is 55.5 Å². The number of nitrogens with one attached hydrogen (secondary N) is 1. The van der Waals surface area contributed by atoms with Gasteiger partial charge in [-0.15, -0.1) is 11.3 Å². The molecule has 170 valence electrons. The third kappa shape index (κ3) is 5.05. The maximum Gasteiger partial charge on any atom is 0.346 e. The Kier molecular flexibility index (Phi) is 7.01. The van der Waals surface area contributed by atoms with Crippen molar-refractivity contribution < 1.29 is 14.6 Å². The van der Waals surface area contributed by atoms with Gasteiger partial charge in [0.15, 0.2) is 0 Å². The molecule has 0 radical (unpaired) electrons. The van der Waals surface area contributed by atoms with Crippen LogP contribution in [0.15, 0.2) is 60.7 Å². The predicted molar refractivity (Wildman–Crippen MR) is 132 cm³/mol. The minimum Gasteiger partial charge on any atom is -0.477 e. The standard InChI is InChI=1S/C26H27N3O3S/c1-16(18-10-6-4-7-11-18)14-21-28-24(22-17(2)23(26(30)31)33-25(22)29-21)27-15-20(32-3)19-12-8-5-9-13-19/h4-13,16,20H,14-15H2,1-3H3,(H,30,31)(H,27,28,29)/t16-,20+/m0/s1. The van der Waals surface area contributed by atoms with Gasteiger partial charge in [-0.25, -0.2) is 14.8 Å². The van der Waals surface area contributed by atoms with E-state index >= 15 is 0 Å². The molecule has 0 saturated heterocycles. The van der Waals surface area contributed by atoms with Gasteiger partial charge in [0.1, 0.15) is 21.3 Å². The summed E-state index contributed by atoms with van der Waals surface area (Å²) < 4.78 is 5.70. The molecule has 0 unspecified atom stereocenters. The first-order chi connectivity index (χ1) is 16.0. The molecule has 0 amide bonds. The molecule has 0 aliphatic heterocycles. The summed E-state index contributed by atoms with van der Waals surface area (Å²) in [6.45, 7) is 4.46. The summed E-state index contributed by atoms with van der Waals surface area (Å²) in [4.78, 5) is 22.3. The Bertz CT molecular complexity index is 1240. The van der Waals surface area contributed by atoms with Gasteiger partial charge >= 0.3 is 5.97 Å². The van der Waals surface area contributed by atoms with Gasteiger partial charge in [0, 0.05) is 20.1 Å². The van der Waals surface area contributed by atoms with Gasteiger partial charge in [-0.05, 0) is 29.5 Å². The zero-order chi connectivity index (χ0) is 23.4. The van der Waals surface area contributed by atoms with Gasteiger partial charge in [0.2, 0.25) is 0 Å². The van der Waals surface area contributed by atoms with Crippen molar-refractivity contribution in [3.8, 4) is 0 Å². The highest BCUT2D eigenvalue weighted by Crippen LogP contribution is 2.35. The van der Waals surface area contributed by atoms with Gasteiger partial charge in [-0.1, -0.05) is 67.6 Å². The zero-order valence-electron chi connectivity index (χ0n) is 18.9. The molecule has 2 atom stereocenters. The highest BCUT2D eigenvalue weighted by Gasteiger charge is 2.22. The highest BCUT2D eigenvalue weighted by atomic mass is 32.1. The Morgan fingerprint density at radius 2 is 1.70 bits per heavy atom. The third-order valence-corrected chi connectivity index (χ3v) is 6.97. The van der Waals surface area contributed by atoms with Crippen LogP contribution in [0.2, 0.25) is 0 Å². The Morgan fingerprint density at radius 3 is 2.30 bits per heavy atom. The number of rotatable bonds is 9. The Morgan fingerprint density at radius 1 is 1.06 bits per heavy atom. The van der Waals surface area contributed by atoms with E-state index in [1.165, 1.54) is 16.9 Å². The van der Waals surface area contributed by atoms with Crippen molar-refractivity contribution in [3.63, 3.8) is 0 Å². The maximum absolute atomic E-state index is 11.8. The molecule has 0 saturated carbocycles. The molecule has 0 fully saturated rings. The molecule has 2 heterocycles. The number of ether oxygens (including phenoxy) is 1. The number of anilines is 1. The first-order valence-corrected chi connectivity index (χ1v) is 11.7. The van der Waals surface area contributed by atoms with Crippen LogP contribution in [0.25, 0.3) is 10.2 Å². The number of carboxylic acids is 1. The van der Waals surface area contributed by atoms with Gasteiger partial charge in [0.25, 0.3) is 0 Å². The van der Waals surface area contributed by atoms with Crippen LogP contribution in [0.3, 0.4) is 0 Å². The van der Waals surface area contributed by atoms with E-state index in [4.69, 9.17) is 14.7 Å². The van der Waals surface area contributed by atoms with Crippen LogP contribution in [0, 0.1) is 6.92 Å². The Balaban J connectivity index is 1.68. The van der Waals surface area contributed by atoms with Gasteiger partial charge in [0.05, 0.1) is 11.5 Å². The van der Waals surface area contributed by atoms with Crippen molar-refractivity contribution in [2.75, 3.05) is 19.0 Å². The molecule has 33 heavy (non-hydrogen) atoms. The van der Waals surface area contributed by atoms with E-state index in [1.54, 1.807) is 7.11 Å². The molecule has 2 aromatic heterocycles. The molecule has 0 aliphatic rings. The number of hydrogen-bond donors (Lipinski definition) is 2. The van der Waals surface area contributed by atoms with Crippen LogP contribution in [0.5, 0.6) is 0 Å². The van der Waals surface area contributed by atoms with Crippen molar-refractivity contribution in [2.24, 2.45) is 0 Å². The fraction of sp³-hybridized carbons (Fsp3) is 0.269. The lowest BCUT2D eigenvalue weighted by Gasteiger charge is -2.18. The lowest BCUT2D eigenvalue weighted by molar-refractivity contribution is 0.0701. The normalized spacial score (nSPS) is 13.1. The van der Waals surface area contributed by atoms with Gasteiger partial charge in [-0.3, -0.25) is 0 Å². The van der Waals surface area contributed by atoms with Crippen LogP contribution < -0.4 is 5.32 Å². The predicted octanol–water partition coefficient (Wildman–Crippen LogP) is 5.84. The molecule has 0 spiro atoms. The second-order valence-corrected chi connectivity index (χ2v) is 9.06. The maximum atomic E-state index is 11.8. The number of aromatic carboxylic acids is 1. The van der Waals surface area contributed by atoms with Crippen molar-refractivity contribution in [1.29, 1.82) is 0 Å². The average Bonchev–Trinajstić information content (AvgIpc) is 3.17. The van der Waals surface area contributed by atoms with Crippen molar-refractivity contribution in [3.05, 3.63) is 88.1 Å². The molecule has 6 nitrogen and oxygen atoms in total. The van der Waals surface area contributed by atoms with Crippen molar-refractivity contribution >= 4 is 33.3 Å². The minimum atomic E-state index is -0.945. The van der Waals surface area contributed by atoms with Gasteiger partial charge in [-0.2, -0.15) is 0 Å². The van der Waals surface area contributed by atoms with Crippen LogP contribution in [-0.4, -0.2) is 34.7 Å². The monoisotopic (exact) mass is 461 g/mol. The summed E-state index contributed by atoms with van der Waals surface area (Å²) in [6.07, 6.45) is 0.487. The topological polar surface area (TPSA) is 84.3 Å². The average molecular weight is 462 g/mol. The zero-order valence-corrected chi connectivity index (χ0v) is 19.7. The van der Waals surface area contributed by atoms with Crippen LogP contribution in [0.1, 0.15) is 51.1 Å². The van der Waals surface area contributed by atoms with Crippen LogP contribution in [0.4, 0.5) is 5.82 Å².